The molecule has 1 heterocycles. The molecule has 0 aliphatic rings. The first-order valence-corrected chi connectivity index (χ1v) is 10.4. The fourth-order valence-corrected chi connectivity index (χ4v) is 2.98. The third-order valence-electron chi connectivity index (χ3n) is 4.55. The summed E-state index contributed by atoms with van der Waals surface area (Å²) in [4.78, 5) is 24.9. The van der Waals surface area contributed by atoms with Gasteiger partial charge in [0.05, 0.1) is 6.20 Å². The lowest BCUT2D eigenvalue weighted by atomic mass is 10.1. The van der Waals surface area contributed by atoms with Crippen LogP contribution in [0.4, 0.5) is 11.4 Å². The van der Waals surface area contributed by atoms with E-state index in [-0.39, 0.29) is 22.9 Å². The van der Waals surface area contributed by atoms with Crippen LogP contribution in [0.2, 0.25) is 5.02 Å². The van der Waals surface area contributed by atoms with E-state index in [1.54, 1.807) is 55.6 Å². The van der Waals surface area contributed by atoms with E-state index < -0.39 is 0 Å². The lowest BCUT2D eigenvalue weighted by Gasteiger charge is -2.13. The van der Waals surface area contributed by atoms with Crippen LogP contribution >= 0.6 is 11.6 Å². The highest BCUT2D eigenvalue weighted by Crippen LogP contribution is 2.29. The maximum Gasteiger partial charge on any atom is 0.294 e. The minimum absolute atomic E-state index is 0.128. The first-order valence-electron chi connectivity index (χ1n) is 9.98. The van der Waals surface area contributed by atoms with Crippen LogP contribution in [0, 0.1) is 5.92 Å². The summed E-state index contributed by atoms with van der Waals surface area (Å²) in [6, 6.07) is 13.8. The SMILES string of the molecule is CC(C)CCNC(=O)c1ccc(Nc2c(Oc3cccc(Cl)c3)cnn(C)c2=O)cc1. The largest absolute Gasteiger partial charge is 0.453 e. The highest BCUT2D eigenvalue weighted by atomic mass is 35.5. The molecule has 31 heavy (non-hydrogen) atoms. The lowest BCUT2D eigenvalue weighted by molar-refractivity contribution is 0.0952. The molecule has 2 aromatic carbocycles. The maximum absolute atomic E-state index is 12.7. The van der Waals surface area contributed by atoms with Gasteiger partial charge in [-0.3, -0.25) is 9.59 Å². The Morgan fingerprint density at radius 3 is 2.61 bits per heavy atom. The van der Waals surface area contributed by atoms with E-state index >= 15 is 0 Å². The second-order valence-electron chi connectivity index (χ2n) is 7.51. The van der Waals surface area contributed by atoms with E-state index in [0.29, 0.717) is 34.5 Å². The number of ether oxygens (including phenoxy) is 1. The van der Waals surface area contributed by atoms with Gasteiger partial charge in [0.1, 0.15) is 5.75 Å². The molecule has 0 fully saturated rings. The lowest BCUT2D eigenvalue weighted by Crippen LogP contribution is -2.25. The van der Waals surface area contributed by atoms with E-state index in [2.05, 4.69) is 29.6 Å². The average molecular weight is 441 g/mol. The van der Waals surface area contributed by atoms with Gasteiger partial charge in [0, 0.05) is 29.9 Å². The Kier molecular flexibility index (Phi) is 7.31. The standard InChI is InChI=1S/C23H25ClN4O3/c1-15(2)11-12-25-22(29)16-7-9-18(10-8-16)27-21-20(14-26-28(3)23(21)30)31-19-6-4-5-17(24)13-19/h4-10,13-15,27H,11-12H2,1-3H3,(H,25,29). The molecule has 2 N–H and O–H groups in total. The van der Waals surface area contributed by atoms with E-state index in [4.69, 9.17) is 16.3 Å². The summed E-state index contributed by atoms with van der Waals surface area (Å²) in [5.41, 5.74) is 1.06. The number of aryl methyl sites for hydroxylation is 1. The Morgan fingerprint density at radius 2 is 1.94 bits per heavy atom. The third kappa shape index (κ3) is 6.08. The summed E-state index contributed by atoms with van der Waals surface area (Å²) < 4.78 is 7.05. The van der Waals surface area contributed by atoms with Crippen LogP contribution in [-0.2, 0) is 7.05 Å². The van der Waals surface area contributed by atoms with Crippen molar-refractivity contribution in [3.05, 3.63) is 75.7 Å². The van der Waals surface area contributed by atoms with Crippen LogP contribution < -0.4 is 20.9 Å². The summed E-state index contributed by atoms with van der Waals surface area (Å²) in [6.07, 6.45) is 2.38. The zero-order valence-electron chi connectivity index (χ0n) is 17.7. The molecule has 0 aliphatic carbocycles. The Morgan fingerprint density at radius 1 is 1.19 bits per heavy atom. The fraction of sp³-hybridized carbons (Fsp3) is 0.261. The van der Waals surface area contributed by atoms with Crippen molar-refractivity contribution in [3.63, 3.8) is 0 Å². The monoisotopic (exact) mass is 440 g/mol. The smallest absolute Gasteiger partial charge is 0.294 e. The molecule has 3 aromatic rings. The number of nitrogens with zero attached hydrogens (tertiary/aromatic N) is 2. The summed E-state index contributed by atoms with van der Waals surface area (Å²) in [5.74, 6) is 1.15. The van der Waals surface area contributed by atoms with Crippen LogP contribution in [0.3, 0.4) is 0 Å². The number of carbonyl (C=O) groups excluding carboxylic acids is 1. The zero-order chi connectivity index (χ0) is 22.4. The van der Waals surface area contributed by atoms with Gasteiger partial charge in [-0.15, -0.1) is 0 Å². The number of hydrogen-bond donors (Lipinski definition) is 2. The Bertz CT molecular complexity index is 1110. The first kappa shape index (κ1) is 22.4. The van der Waals surface area contributed by atoms with Crippen LogP contribution in [0.5, 0.6) is 11.5 Å². The summed E-state index contributed by atoms with van der Waals surface area (Å²) in [5, 5.41) is 10.5. The van der Waals surface area contributed by atoms with Crippen molar-refractivity contribution in [2.45, 2.75) is 20.3 Å². The van der Waals surface area contributed by atoms with Gasteiger partial charge in [-0.1, -0.05) is 31.5 Å². The Hall–Kier alpha value is -3.32. The van der Waals surface area contributed by atoms with Crippen LogP contribution in [0.25, 0.3) is 0 Å². The molecule has 1 aromatic heterocycles. The van der Waals surface area contributed by atoms with Gasteiger partial charge in [-0.05, 0) is 54.8 Å². The van der Waals surface area contributed by atoms with Crippen LogP contribution in [-0.4, -0.2) is 22.2 Å². The number of carbonyl (C=O) groups is 1. The number of nitrogens with one attached hydrogen (secondary N) is 2. The van der Waals surface area contributed by atoms with Gasteiger partial charge in [0.2, 0.25) is 0 Å². The molecular weight excluding hydrogens is 416 g/mol. The highest BCUT2D eigenvalue weighted by Gasteiger charge is 2.14. The van der Waals surface area contributed by atoms with E-state index in [1.165, 1.54) is 10.9 Å². The average Bonchev–Trinajstić information content (AvgIpc) is 2.73. The highest BCUT2D eigenvalue weighted by molar-refractivity contribution is 6.30. The third-order valence-corrected chi connectivity index (χ3v) is 4.79. The minimum Gasteiger partial charge on any atom is -0.453 e. The zero-order valence-corrected chi connectivity index (χ0v) is 18.4. The van der Waals surface area contributed by atoms with E-state index in [1.807, 2.05) is 0 Å². The predicted octanol–water partition coefficient (Wildman–Crippen LogP) is 4.75. The predicted molar refractivity (Wildman–Crippen MR) is 123 cm³/mol. The Labute approximate surface area is 186 Å². The molecule has 0 atom stereocenters. The summed E-state index contributed by atoms with van der Waals surface area (Å²) >= 11 is 6.01. The molecule has 7 nitrogen and oxygen atoms in total. The van der Waals surface area contributed by atoms with Gasteiger partial charge in [-0.2, -0.15) is 5.10 Å². The van der Waals surface area contributed by atoms with Crippen molar-refractivity contribution >= 4 is 28.9 Å². The number of benzene rings is 2. The quantitative estimate of drug-likeness (QED) is 0.528. The molecule has 3 rings (SSSR count). The second kappa shape index (κ2) is 10.1. The Balaban J connectivity index is 1.78. The molecule has 8 heteroatoms. The van der Waals surface area contributed by atoms with Crippen molar-refractivity contribution in [3.8, 4) is 11.5 Å². The van der Waals surface area contributed by atoms with Crippen LogP contribution in [0.1, 0.15) is 30.6 Å². The normalized spacial score (nSPS) is 10.7. The molecule has 162 valence electrons. The number of anilines is 2. The number of hydrogen-bond acceptors (Lipinski definition) is 5. The first-order chi connectivity index (χ1) is 14.8. The van der Waals surface area contributed by atoms with Crippen molar-refractivity contribution in [2.24, 2.45) is 13.0 Å². The van der Waals surface area contributed by atoms with Crippen molar-refractivity contribution in [2.75, 3.05) is 11.9 Å². The van der Waals surface area contributed by atoms with Gasteiger partial charge in [0.25, 0.3) is 11.5 Å². The molecule has 0 unspecified atom stereocenters. The summed E-state index contributed by atoms with van der Waals surface area (Å²) in [6.45, 7) is 4.86. The summed E-state index contributed by atoms with van der Waals surface area (Å²) in [7, 11) is 1.56. The molecule has 0 bridgehead atoms. The topological polar surface area (TPSA) is 85.2 Å². The van der Waals surface area contributed by atoms with Gasteiger partial charge >= 0.3 is 0 Å². The molecule has 0 saturated carbocycles. The molecule has 1 amide bonds. The number of amides is 1. The second-order valence-corrected chi connectivity index (χ2v) is 7.95. The van der Waals surface area contributed by atoms with Gasteiger partial charge < -0.3 is 15.4 Å². The van der Waals surface area contributed by atoms with Crippen molar-refractivity contribution in [1.82, 2.24) is 15.1 Å². The fourth-order valence-electron chi connectivity index (χ4n) is 2.80. The van der Waals surface area contributed by atoms with E-state index in [9.17, 15) is 9.59 Å². The van der Waals surface area contributed by atoms with Gasteiger partial charge in [-0.25, -0.2) is 4.68 Å². The number of halogens is 1. The maximum atomic E-state index is 12.7. The molecule has 0 aliphatic heterocycles. The minimum atomic E-state index is -0.352. The van der Waals surface area contributed by atoms with Crippen molar-refractivity contribution in [1.29, 1.82) is 0 Å². The molecule has 0 spiro atoms. The van der Waals surface area contributed by atoms with Crippen LogP contribution in [0.15, 0.2) is 59.5 Å². The number of aromatic nitrogens is 2. The molecule has 0 saturated heterocycles. The number of rotatable bonds is 8. The molecular formula is C23H25ClN4O3. The van der Waals surface area contributed by atoms with Gasteiger partial charge in [0.15, 0.2) is 11.4 Å². The van der Waals surface area contributed by atoms with E-state index in [0.717, 1.165) is 6.42 Å². The van der Waals surface area contributed by atoms with Crippen molar-refractivity contribution < 1.29 is 9.53 Å². The molecule has 0 radical (unpaired) electrons.